The lowest BCUT2D eigenvalue weighted by Crippen LogP contribution is -2.53. The number of piperazine rings is 1. The summed E-state index contributed by atoms with van der Waals surface area (Å²) >= 11 is 4.98. The number of carbonyl (C=O) groups excluding carboxylic acids is 2. The van der Waals surface area contributed by atoms with Gasteiger partial charge in [-0.15, -0.1) is 0 Å². The zero-order valence-electron chi connectivity index (χ0n) is 12.3. The van der Waals surface area contributed by atoms with Crippen LogP contribution in [0.3, 0.4) is 0 Å². The van der Waals surface area contributed by atoms with Gasteiger partial charge in [-0.05, 0) is 12.8 Å². The summed E-state index contributed by atoms with van der Waals surface area (Å²) in [5.74, 6) is -0.404. The van der Waals surface area contributed by atoms with Crippen LogP contribution in [0.1, 0.15) is 20.8 Å². The van der Waals surface area contributed by atoms with Gasteiger partial charge in [0.2, 0.25) is 5.91 Å². The van der Waals surface area contributed by atoms with Crippen molar-refractivity contribution in [1.82, 2.24) is 9.80 Å². The Morgan fingerprint density at radius 3 is 2.10 bits per heavy atom. The molecule has 20 heavy (non-hydrogen) atoms. The summed E-state index contributed by atoms with van der Waals surface area (Å²) in [6.45, 7) is 7.92. The Labute approximate surface area is 125 Å². The Morgan fingerprint density at radius 2 is 1.70 bits per heavy atom. The lowest BCUT2D eigenvalue weighted by molar-refractivity contribution is -0.136. The summed E-state index contributed by atoms with van der Waals surface area (Å²) in [6.07, 6.45) is -0.325. The van der Waals surface area contributed by atoms with E-state index >= 15 is 0 Å². The van der Waals surface area contributed by atoms with Crippen molar-refractivity contribution in [2.24, 2.45) is 17.6 Å². The van der Waals surface area contributed by atoms with Gasteiger partial charge in [0.15, 0.2) is 0 Å². The Morgan fingerprint density at radius 1 is 1.20 bits per heavy atom. The van der Waals surface area contributed by atoms with Gasteiger partial charge in [-0.2, -0.15) is 0 Å². The van der Waals surface area contributed by atoms with Gasteiger partial charge in [0.25, 0.3) is 0 Å². The molecule has 1 saturated heterocycles. The first-order valence-corrected chi connectivity index (χ1v) is 7.29. The number of hydrogen-bond acceptors (Lipinski definition) is 4. The summed E-state index contributed by atoms with van der Waals surface area (Å²) in [5, 5.41) is 0. The average molecular weight is 301 g/mol. The highest BCUT2D eigenvalue weighted by molar-refractivity contribution is 7.80. The summed E-state index contributed by atoms with van der Waals surface area (Å²) < 4.78 is 4.94. The summed E-state index contributed by atoms with van der Waals surface area (Å²) in [5.41, 5.74) is 5.66. The third-order valence-electron chi connectivity index (χ3n) is 3.36. The van der Waals surface area contributed by atoms with Crippen LogP contribution < -0.4 is 5.73 Å². The second-order valence-electron chi connectivity index (χ2n) is 5.14. The number of hydrogen-bond donors (Lipinski definition) is 1. The van der Waals surface area contributed by atoms with Crippen LogP contribution in [-0.2, 0) is 9.53 Å². The lowest BCUT2D eigenvalue weighted by atomic mass is 9.94. The highest BCUT2D eigenvalue weighted by atomic mass is 32.1. The number of carbonyl (C=O) groups is 2. The Kier molecular flexibility index (Phi) is 6.19. The molecular formula is C13H23N3O3S. The maximum atomic E-state index is 12.4. The van der Waals surface area contributed by atoms with Gasteiger partial charge in [-0.25, -0.2) is 4.79 Å². The van der Waals surface area contributed by atoms with E-state index in [-0.39, 0.29) is 22.9 Å². The molecule has 0 bridgehead atoms. The molecule has 2 N–H and O–H groups in total. The molecular weight excluding hydrogens is 278 g/mol. The summed E-state index contributed by atoms with van der Waals surface area (Å²) in [7, 11) is 0. The smallest absolute Gasteiger partial charge is 0.409 e. The molecule has 1 rings (SSSR count). The molecule has 0 radical (unpaired) electrons. The van der Waals surface area contributed by atoms with Crippen molar-refractivity contribution in [3.05, 3.63) is 0 Å². The molecule has 0 spiro atoms. The number of ether oxygens (including phenoxy) is 1. The fourth-order valence-electron chi connectivity index (χ4n) is 2.26. The molecule has 0 saturated carbocycles. The molecule has 6 nitrogen and oxygen atoms in total. The zero-order chi connectivity index (χ0) is 15.3. The first kappa shape index (κ1) is 16.7. The van der Waals surface area contributed by atoms with Gasteiger partial charge in [0, 0.05) is 26.2 Å². The number of amides is 2. The topological polar surface area (TPSA) is 75.9 Å². The van der Waals surface area contributed by atoms with Crippen LogP contribution in [0.4, 0.5) is 4.79 Å². The molecule has 0 aromatic rings. The monoisotopic (exact) mass is 301 g/mol. The minimum Gasteiger partial charge on any atom is -0.450 e. The van der Waals surface area contributed by atoms with Crippen molar-refractivity contribution in [3.63, 3.8) is 0 Å². The SMILES string of the molecule is CCOC(=O)N1CCN(C(=O)C(C(N)=S)C(C)C)CC1. The molecule has 1 atom stereocenters. The Bertz CT molecular complexity index is 379. The average Bonchev–Trinajstić information content (AvgIpc) is 2.38. The normalized spacial score (nSPS) is 17.0. The minimum absolute atomic E-state index is 0.0454. The predicted molar refractivity (Wildman–Crippen MR) is 80.3 cm³/mol. The highest BCUT2D eigenvalue weighted by Gasteiger charge is 2.32. The van der Waals surface area contributed by atoms with Crippen LogP contribution in [-0.4, -0.2) is 59.6 Å². The predicted octanol–water partition coefficient (Wildman–Crippen LogP) is 0.845. The van der Waals surface area contributed by atoms with E-state index in [1.54, 1.807) is 16.7 Å². The fourth-order valence-corrected chi connectivity index (χ4v) is 2.63. The molecule has 2 amide bonds. The van der Waals surface area contributed by atoms with Gasteiger partial charge >= 0.3 is 6.09 Å². The zero-order valence-corrected chi connectivity index (χ0v) is 13.1. The summed E-state index contributed by atoms with van der Waals surface area (Å²) in [6, 6.07) is 0. The minimum atomic E-state index is -0.431. The second-order valence-corrected chi connectivity index (χ2v) is 5.61. The third-order valence-corrected chi connectivity index (χ3v) is 3.61. The van der Waals surface area contributed by atoms with E-state index in [0.29, 0.717) is 32.8 Å². The van der Waals surface area contributed by atoms with Crippen LogP contribution in [0.5, 0.6) is 0 Å². The molecule has 0 aromatic carbocycles. The van der Waals surface area contributed by atoms with Gasteiger partial charge in [-0.1, -0.05) is 26.1 Å². The summed E-state index contributed by atoms with van der Waals surface area (Å²) in [4.78, 5) is 27.6. The van der Waals surface area contributed by atoms with Crippen LogP contribution in [0.15, 0.2) is 0 Å². The van der Waals surface area contributed by atoms with E-state index in [1.807, 2.05) is 13.8 Å². The maximum Gasteiger partial charge on any atom is 0.409 e. The molecule has 0 aliphatic carbocycles. The fraction of sp³-hybridized carbons (Fsp3) is 0.769. The van der Waals surface area contributed by atoms with Crippen molar-refractivity contribution in [2.45, 2.75) is 20.8 Å². The number of rotatable bonds is 4. The van der Waals surface area contributed by atoms with Gasteiger partial charge in [0.05, 0.1) is 17.5 Å². The number of nitrogens with two attached hydrogens (primary N) is 1. The van der Waals surface area contributed by atoms with Crippen LogP contribution >= 0.6 is 12.2 Å². The van der Waals surface area contributed by atoms with Crippen molar-refractivity contribution in [3.8, 4) is 0 Å². The highest BCUT2D eigenvalue weighted by Crippen LogP contribution is 2.16. The van der Waals surface area contributed by atoms with E-state index in [0.717, 1.165) is 0 Å². The Hall–Kier alpha value is -1.37. The van der Waals surface area contributed by atoms with E-state index in [9.17, 15) is 9.59 Å². The van der Waals surface area contributed by atoms with Crippen LogP contribution in [0.25, 0.3) is 0 Å². The van der Waals surface area contributed by atoms with Crippen molar-refractivity contribution < 1.29 is 14.3 Å². The molecule has 0 aromatic heterocycles. The maximum absolute atomic E-state index is 12.4. The second kappa shape index (κ2) is 7.42. The quantitative estimate of drug-likeness (QED) is 0.779. The Balaban J connectivity index is 2.58. The molecule has 114 valence electrons. The van der Waals surface area contributed by atoms with E-state index in [1.165, 1.54) is 0 Å². The number of thiocarbonyl (C=S) groups is 1. The van der Waals surface area contributed by atoms with Crippen molar-refractivity contribution >= 4 is 29.2 Å². The molecule has 7 heteroatoms. The number of nitrogens with zero attached hydrogens (tertiary/aromatic N) is 2. The lowest BCUT2D eigenvalue weighted by Gasteiger charge is -2.36. The molecule has 1 unspecified atom stereocenters. The van der Waals surface area contributed by atoms with E-state index in [4.69, 9.17) is 22.7 Å². The first-order valence-electron chi connectivity index (χ1n) is 6.88. The first-order chi connectivity index (χ1) is 9.38. The third kappa shape index (κ3) is 4.06. The van der Waals surface area contributed by atoms with Crippen molar-refractivity contribution in [1.29, 1.82) is 0 Å². The van der Waals surface area contributed by atoms with E-state index < -0.39 is 5.92 Å². The van der Waals surface area contributed by atoms with Crippen LogP contribution in [0.2, 0.25) is 0 Å². The molecule has 1 heterocycles. The molecule has 1 aliphatic rings. The van der Waals surface area contributed by atoms with Gasteiger partial charge < -0.3 is 20.3 Å². The van der Waals surface area contributed by atoms with Gasteiger partial charge in [-0.3, -0.25) is 4.79 Å². The van der Waals surface area contributed by atoms with Gasteiger partial charge in [0.1, 0.15) is 0 Å². The van der Waals surface area contributed by atoms with Crippen LogP contribution in [0, 0.1) is 11.8 Å². The standard InChI is InChI=1S/C13H23N3O3S/c1-4-19-13(18)16-7-5-15(6-8-16)12(17)10(9(2)3)11(14)20/h9-10H,4-8H2,1-3H3,(H2,14,20). The molecule has 1 aliphatic heterocycles. The largest absolute Gasteiger partial charge is 0.450 e. The van der Waals surface area contributed by atoms with Crippen molar-refractivity contribution in [2.75, 3.05) is 32.8 Å². The van der Waals surface area contributed by atoms with E-state index in [2.05, 4.69) is 0 Å². The molecule has 1 fully saturated rings.